The predicted molar refractivity (Wildman–Crippen MR) is 101 cm³/mol. The first-order chi connectivity index (χ1) is 12.4. The second kappa shape index (κ2) is 7.79. The Balaban J connectivity index is 1.62. The van der Waals surface area contributed by atoms with E-state index in [9.17, 15) is 9.59 Å². The molecular weight excluding hydrogens is 354 g/mol. The summed E-state index contributed by atoms with van der Waals surface area (Å²) in [6.45, 7) is 7.05. The van der Waals surface area contributed by atoms with Gasteiger partial charge in [0.25, 0.3) is 5.91 Å². The van der Waals surface area contributed by atoms with Crippen molar-refractivity contribution in [1.29, 1.82) is 0 Å². The highest BCUT2D eigenvalue weighted by atomic mass is 32.1. The molecule has 2 N–H and O–H groups in total. The number of nitrogens with zero attached hydrogens (tertiary/aromatic N) is 3. The van der Waals surface area contributed by atoms with Crippen molar-refractivity contribution in [2.75, 3.05) is 28.6 Å². The fourth-order valence-corrected chi connectivity index (χ4v) is 3.53. The predicted octanol–water partition coefficient (Wildman–Crippen LogP) is 2.36. The van der Waals surface area contributed by atoms with Crippen molar-refractivity contribution in [3.05, 3.63) is 29.4 Å². The lowest BCUT2D eigenvalue weighted by Crippen LogP contribution is -2.45. The summed E-state index contributed by atoms with van der Waals surface area (Å²) in [5.41, 5.74) is 0.834. The zero-order valence-electron chi connectivity index (χ0n) is 14.9. The van der Waals surface area contributed by atoms with Crippen LogP contribution in [0.15, 0.2) is 23.7 Å². The van der Waals surface area contributed by atoms with E-state index in [1.54, 1.807) is 11.6 Å². The Hall–Kier alpha value is -2.52. The molecule has 0 bridgehead atoms. The first kappa shape index (κ1) is 18.3. The minimum absolute atomic E-state index is 0.155. The molecule has 1 fully saturated rings. The zero-order valence-corrected chi connectivity index (χ0v) is 15.7. The number of carbonyl (C=O) groups excluding carboxylic acids is 2. The Bertz CT molecular complexity index is 782. The highest BCUT2D eigenvalue weighted by molar-refractivity contribution is 7.14. The number of morpholine rings is 1. The van der Waals surface area contributed by atoms with Crippen molar-refractivity contribution in [1.82, 2.24) is 9.97 Å². The van der Waals surface area contributed by atoms with E-state index in [0.29, 0.717) is 10.8 Å². The lowest BCUT2D eigenvalue weighted by atomic mass is 10.2. The van der Waals surface area contributed by atoms with Gasteiger partial charge < -0.3 is 20.3 Å². The Morgan fingerprint density at radius 1 is 1.23 bits per heavy atom. The molecule has 0 aromatic carbocycles. The van der Waals surface area contributed by atoms with Gasteiger partial charge in [-0.25, -0.2) is 9.97 Å². The third-order valence-electron chi connectivity index (χ3n) is 3.77. The highest BCUT2D eigenvalue weighted by Crippen LogP contribution is 2.21. The van der Waals surface area contributed by atoms with Crippen molar-refractivity contribution >= 4 is 39.8 Å². The summed E-state index contributed by atoms with van der Waals surface area (Å²) in [5.74, 6) is 0.283. The first-order valence-corrected chi connectivity index (χ1v) is 9.19. The van der Waals surface area contributed by atoms with E-state index in [-0.39, 0.29) is 29.7 Å². The number of anilines is 3. The summed E-state index contributed by atoms with van der Waals surface area (Å²) in [6, 6.07) is 3.69. The SMILES string of the molecule is CC(=O)Nc1nc(C(=O)Nc2ccc(N3C[C@@H](C)O[C@@H](C)C3)nc2)cs1. The van der Waals surface area contributed by atoms with E-state index in [0.717, 1.165) is 18.9 Å². The van der Waals surface area contributed by atoms with Gasteiger partial charge in [0.15, 0.2) is 5.13 Å². The van der Waals surface area contributed by atoms with Gasteiger partial charge in [-0.3, -0.25) is 9.59 Å². The van der Waals surface area contributed by atoms with E-state index in [1.165, 1.54) is 18.3 Å². The van der Waals surface area contributed by atoms with Crippen LogP contribution in [-0.4, -0.2) is 47.1 Å². The van der Waals surface area contributed by atoms with Crippen LogP contribution < -0.4 is 15.5 Å². The number of thiazole rings is 1. The van der Waals surface area contributed by atoms with Crippen molar-refractivity contribution in [2.24, 2.45) is 0 Å². The fourth-order valence-electron chi connectivity index (χ4n) is 2.79. The molecule has 26 heavy (non-hydrogen) atoms. The van der Waals surface area contributed by atoms with E-state index in [4.69, 9.17) is 4.74 Å². The van der Waals surface area contributed by atoms with Crippen LogP contribution in [0.1, 0.15) is 31.3 Å². The standard InChI is InChI=1S/C17H21N5O3S/c1-10-7-22(8-11(2)25-10)15-5-4-13(6-18-15)20-16(24)14-9-26-17(21-14)19-12(3)23/h4-6,9-11H,7-8H2,1-3H3,(H,20,24)(H,19,21,23)/t10-,11+. The summed E-state index contributed by atoms with van der Waals surface area (Å²) in [7, 11) is 0. The summed E-state index contributed by atoms with van der Waals surface area (Å²) in [6.07, 6.45) is 1.93. The highest BCUT2D eigenvalue weighted by Gasteiger charge is 2.23. The zero-order chi connectivity index (χ0) is 18.7. The molecule has 0 saturated carbocycles. The Morgan fingerprint density at radius 3 is 2.58 bits per heavy atom. The van der Waals surface area contributed by atoms with E-state index in [1.807, 2.05) is 26.0 Å². The molecule has 9 heteroatoms. The molecule has 0 spiro atoms. The number of hydrogen-bond acceptors (Lipinski definition) is 7. The van der Waals surface area contributed by atoms with Gasteiger partial charge in [-0.05, 0) is 26.0 Å². The lowest BCUT2D eigenvalue weighted by Gasteiger charge is -2.36. The van der Waals surface area contributed by atoms with Gasteiger partial charge in [-0.15, -0.1) is 11.3 Å². The average Bonchev–Trinajstić information content (AvgIpc) is 3.02. The molecular formula is C17H21N5O3S. The van der Waals surface area contributed by atoms with E-state index >= 15 is 0 Å². The quantitative estimate of drug-likeness (QED) is 0.852. The minimum Gasteiger partial charge on any atom is -0.372 e. The van der Waals surface area contributed by atoms with Crippen LogP contribution in [0.4, 0.5) is 16.6 Å². The molecule has 138 valence electrons. The molecule has 0 unspecified atom stereocenters. The molecule has 2 aromatic rings. The van der Waals surface area contributed by atoms with Gasteiger partial charge in [0.1, 0.15) is 11.5 Å². The van der Waals surface area contributed by atoms with Crippen LogP contribution in [0.5, 0.6) is 0 Å². The summed E-state index contributed by atoms with van der Waals surface area (Å²) in [4.78, 5) is 34.0. The van der Waals surface area contributed by atoms with E-state index in [2.05, 4.69) is 25.5 Å². The van der Waals surface area contributed by atoms with Crippen molar-refractivity contribution in [3.63, 3.8) is 0 Å². The number of rotatable bonds is 4. The summed E-state index contributed by atoms with van der Waals surface area (Å²) >= 11 is 1.20. The Morgan fingerprint density at radius 2 is 1.96 bits per heavy atom. The van der Waals surface area contributed by atoms with Crippen molar-refractivity contribution < 1.29 is 14.3 Å². The molecule has 0 radical (unpaired) electrons. The molecule has 1 aliphatic rings. The number of amides is 2. The summed E-state index contributed by atoms with van der Waals surface area (Å²) in [5, 5.41) is 7.31. The van der Waals surface area contributed by atoms with Gasteiger partial charge in [-0.1, -0.05) is 0 Å². The maximum atomic E-state index is 12.3. The number of aromatic nitrogens is 2. The van der Waals surface area contributed by atoms with Crippen LogP contribution in [0, 0.1) is 0 Å². The number of hydrogen-bond donors (Lipinski definition) is 2. The second-order valence-corrected chi connectivity index (χ2v) is 7.10. The third kappa shape index (κ3) is 4.55. The molecule has 1 aliphatic heterocycles. The fraction of sp³-hybridized carbons (Fsp3) is 0.412. The number of carbonyl (C=O) groups is 2. The first-order valence-electron chi connectivity index (χ1n) is 8.31. The molecule has 3 heterocycles. The van der Waals surface area contributed by atoms with Gasteiger partial charge in [0, 0.05) is 25.4 Å². The molecule has 2 amide bonds. The minimum atomic E-state index is -0.346. The van der Waals surface area contributed by atoms with Gasteiger partial charge in [-0.2, -0.15) is 0 Å². The van der Waals surface area contributed by atoms with Crippen molar-refractivity contribution in [2.45, 2.75) is 33.0 Å². The number of nitrogens with one attached hydrogen (secondary N) is 2. The van der Waals surface area contributed by atoms with Crippen LogP contribution >= 0.6 is 11.3 Å². The molecule has 2 aromatic heterocycles. The lowest BCUT2D eigenvalue weighted by molar-refractivity contribution is -0.114. The number of pyridine rings is 1. The molecule has 2 atom stereocenters. The van der Waals surface area contributed by atoms with Crippen molar-refractivity contribution in [3.8, 4) is 0 Å². The maximum absolute atomic E-state index is 12.3. The number of ether oxygens (including phenoxy) is 1. The second-order valence-electron chi connectivity index (χ2n) is 6.24. The monoisotopic (exact) mass is 375 g/mol. The Labute approximate surface area is 155 Å². The van der Waals surface area contributed by atoms with Gasteiger partial charge >= 0.3 is 0 Å². The largest absolute Gasteiger partial charge is 0.372 e. The average molecular weight is 375 g/mol. The Kier molecular flexibility index (Phi) is 5.48. The molecule has 3 rings (SSSR count). The van der Waals surface area contributed by atoms with Crippen LogP contribution in [0.25, 0.3) is 0 Å². The van der Waals surface area contributed by atoms with Crippen LogP contribution in [0.2, 0.25) is 0 Å². The molecule has 8 nitrogen and oxygen atoms in total. The van der Waals surface area contributed by atoms with E-state index < -0.39 is 0 Å². The maximum Gasteiger partial charge on any atom is 0.275 e. The molecule has 1 saturated heterocycles. The van der Waals surface area contributed by atoms with Gasteiger partial charge in [0.05, 0.1) is 24.1 Å². The topological polar surface area (TPSA) is 96.5 Å². The normalized spacial score (nSPS) is 19.9. The van der Waals surface area contributed by atoms with Crippen LogP contribution in [-0.2, 0) is 9.53 Å². The molecule has 0 aliphatic carbocycles. The summed E-state index contributed by atoms with van der Waals surface area (Å²) < 4.78 is 5.73. The van der Waals surface area contributed by atoms with Crippen LogP contribution in [0.3, 0.4) is 0 Å². The smallest absolute Gasteiger partial charge is 0.275 e. The third-order valence-corrected chi connectivity index (χ3v) is 4.53. The van der Waals surface area contributed by atoms with Gasteiger partial charge in [0.2, 0.25) is 5.91 Å².